The lowest BCUT2D eigenvalue weighted by Crippen LogP contribution is -2.39. The number of allylic oxidation sites excluding steroid dienone is 1. The van der Waals surface area contributed by atoms with Crippen molar-refractivity contribution in [1.29, 1.82) is 0 Å². The van der Waals surface area contributed by atoms with Gasteiger partial charge in [0.15, 0.2) is 55.0 Å². The van der Waals surface area contributed by atoms with Gasteiger partial charge in [-0.2, -0.15) is 0 Å². The number of rotatable bonds is 23. The number of carbonyl (C=O) groups excluding carboxylic acids is 4. The number of sulfone groups is 1. The van der Waals surface area contributed by atoms with E-state index in [-0.39, 0.29) is 108 Å². The van der Waals surface area contributed by atoms with Gasteiger partial charge < -0.3 is 38.5 Å². The van der Waals surface area contributed by atoms with Crippen LogP contribution in [0.5, 0.6) is 0 Å². The Labute approximate surface area is 761 Å². The summed E-state index contributed by atoms with van der Waals surface area (Å²) in [5, 5.41) is 9.89. The Morgan fingerprint density at radius 1 is 0.472 bits per heavy atom. The third kappa shape index (κ3) is 22.2. The van der Waals surface area contributed by atoms with Crippen LogP contribution in [0.2, 0.25) is 10.0 Å². The summed E-state index contributed by atoms with van der Waals surface area (Å²) in [6, 6.07) is 10.5. The number of ether oxygens (including phenoxy) is 4. The van der Waals surface area contributed by atoms with Crippen molar-refractivity contribution in [3.8, 4) is 0 Å². The molecule has 47 heteroatoms. The zero-order valence-electron chi connectivity index (χ0n) is 68.3. The fraction of sp³-hybridized carbons (Fsp3) is 0.350. The van der Waals surface area contributed by atoms with Crippen molar-refractivity contribution in [2.45, 2.75) is 88.7 Å². The van der Waals surface area contributed by atoms with Gasteiger partial charge in [0, 0.05) is 170 Å². The quantitative estimate of drug-likeness (QED) is 0.0304. The zero-order valence-corrected chi connectivity index (χ0v) is 78.0. The van der Waals surface area contributed by atoms with E-state index in [1.54, 1.807) is 82.5 Å². The number of benzene rings is 4. The van der Waals surface area contributed by atoms with E-state index in [0.29, 0.717) is 94.7 Å². The van der Waals surface area contributed by atoms with Crippen LogP contribution in [-0.4, -0.2) is 222 Å². The number of thiazole rings is 4. The summed E-state index contributed by atoms with van der Waals surface area (Å²) in [6.45, 7) is 6.69. The van der Waals surface area contributed by atoms with Gasteiger partial charge in [-0.05, 0) is 86.8 Å². The number of fused-ring (bicyclic) bond motifs is 4. The smallest absolute Gasteiger partial charge is 0.338 e. The lowest BCUT2D eigenvalue weighted by atomic mass is 9.91. The van der Waals surface area contributed by atoms with Gasteiger partial charge in [0.05, 0.1) is 73.7 Å². The minimum absolute atomic E-state index is 0.0931. The van der Waals surface area contributed by atoms with Crippen molar-refractivity contribution >= 4 is 172 Å². The van der Waals surface area contributed by atoms with Gasteiger partial charge >= 0.3 is 23.9 Å². The van der Waals surface area contributed by atoms with E-state index in [4.69, 9.17) is 57.1 Å². The maximum atomic E-state index is 14.9. The summed E-state index contributed by atoms with van der Waals surface area (Å²) in [5.74, 6) is -4.64. The molecule has 0 spiro atoms. The summed E-state index contributed by atoms with van der Waals surface area (Å²) in [6.07, 6.45) is 12.1. The summed E-state index contributed by atoms with van der Waals surface area (Å²) >= 11 is 21.0. The van der Waals surface area contributed by atoms with Gasteiger partial charge in [0.25, 0.3) is 0 Å². The number of hydrogen-bond acceptors (Lipinski definition) is 32. The van der Waals surface area contributed by atoms with Gasteiger partial charge in [0.1, 0.15) is 51.5 Å². The molecule has 0 bridgehead atoms. The Kier molecular flexibility index (Phi) is 29.8. The second-order valence-corrected chi connectivity index (χ2v) is 42.2. The number of aromatic nitrogens is 4. The largest absolute Gasteiger partial charge is 0.466 e. The van der Waals surface area contributed by atoms with Crippen LogP contribution in [0.4, 0.5) is 22.0 Å². The topological polar surface area (TPSA) is 392 Å². The second-order valence-electron chi connectivity index (χ2n) is 29.4. The number of methoxy groups -OCH3 is 1. The minimum atomic E-state index is -3.51. The monoisotopic (exact) mass is 2010 g/mol. The highest BCUT2D eigenvalue weighted by molar-refractivity contribution is 9.10. The van der Waals surface area contributed by atoms with E-state index in [9.17, 15) is 74.8 Å². The van der Waals surface area contributed by atoms with Gasteiger partial charge in [0.2, 0.25) is 30.1 Å². The van der Waals surface area contributed by atoms with Crippen molar-refractivity contribution < 1.29 is 93.7 Å². The van der Waals surface area contributed by atoms with Crippen molar-refractivity contribution in [3.63, 3.8) is 0 Å². The van der Waals surface area contributed by atoms with Crippen molar-refractivity contribution in [2.75, 3.05) is 83.9 Å². The maximum absolute atomic E-state index is 14.9. The molecule has 0 aliphatic carbocycles. The summed E-state index contributed by atoms with van der Waals surface area (Å²) in [7, 11) is -12.5. The van der Waals surface area contributed by atoms with Gasteiger partial charge in [-0.25, -0.2) is 109 Å². The average molecular weight is 2010 g/mol. The molecule has 8 aliphatic heterocycles. The molecule has 127 heavy (non-hydrogen) atoms. The van der Waals surface area contributed by atoms with E-state index < -0.39 is 141 Å². The van der Waals surface area contributed by atoms with Gasteiger partial charge in [-0.1, -0.05) is 63.4 Å². The number of nitrogens with one attached hydrogen (secondary N) is 3. The predicted octanol–water partition coefficient (Wildman–Crippen LogP) is 11.5. The molecule has 0 radical (unpaired) electrons. The van der Waals surface area contributed by atoms with Crippen LogP contribution in [0, 0.1) is 35.0 Å². The van der Waals surface area contributed by atoms with Crippen LogP contribution < -0.4 is 14.2 Å². The number of nitrogens with zero attached hydrogens (tertiary/aromatic N) is 12. The van der Waals surface area contributed by atoms with Crippen LogP contribution in [0.25, 0.3) is 0 Å². The van der Waals surface area contributed by atoms with Crippen molar-refractivity contribution in [1.82, 2.24) is 53.7 Å². The molecule has 4 fully saturated rings. The number of sulfonamides is 3. The standard InChI is InChI=1S/C21H21BrFN3O4S2.C20H20ClFN4O4S2.C20H20F2N4O4S2.C19H18ClFN4O4S2/c1-3-30-21(27)16-17(14-5-4-13(23)10-15(14)22)25-19(20-24-7-9-31-20)26-8-6-12(18(16)26)11-32(2,28)29;1-3-30-20(27)16-15-9-12(25-32(2,28)29)10-26(15)18(19-23-6-7-31-19)24-17(16)13-5-4-11(21)8-14(13)22;1-3-30-20(27)16-15-9-12(25-32(2,28)29)10-26(15)18(19-23-6-7-31-19)24-17(16)11-4-5-13(21)14(22)8-11;1-29-19(26)15-14-8-11(24-31(2,27)28)9-25(14)17(18-22-5-6-30-18)23-16(15)12-4-3-10(21)7-13(12)20/h4-5,7,9-10,12,17H,3,6,8,11H2,1-2H3;2*4-8,12,17,25H,3,9-10H2,1-2H3;3-7,11,16,24H,8-9H2,1-2H3/t3*12-,17-;11-,16-/m0000/s1. The first kappa shape index (κ1) is 95.1. The Balaban J connectivity index is 0.000000145. The Morgan fingerprint density at radius 3 is 1.26 bits per heavy atom. The summed E-state index contributed by atoms with van der Waals surface area (Å²) in [5.41, 5.74) is 4.51. The summed E-state index contributed by atoms with van der Waals surface area (Å²) in [4.78, 5) is 95.5. The summed E-state index contributed by atoms with van der Waals surface area (Å²) < 4.78 is 194. The van der Waals surface area contributed by atoms with Crippen molar-refractivity contribution in [3.05, 3.63) is 250 Å². The molecule has 31 nitrogen and oxygen atoms in total. The Hall–Kier alpha value is -9.49. The molecule has 0 amide bonds. The zero-order chi connectivity index (χ0) is 91.5. The third-order valence-electron chi connectivity index (χ3n) is 20.3. The predicted molar refractivity (Wildman–Crippen MR) is 473 cm³/mol. The number of amidine groups is 4. The van der Waals surface area contributed by atoms with E-state index >= 15 is 0 Å². The Bertz CT molecular complexity index is 6310. The number of hydrogen-bond donors (Lipinski definition) is 3. The Morgan fingerprint density at radius 2 is 0.866 bits per heavy atom. The first-order valence-electron chi connectivity index (χ1n) is 38.7. The van der Waals surface area contributed by atoms with Crippen LogP contribution >= 0.6 is 84.5 Å². The van der Waals surface area contributed by atoms with Gasteiger partial charge in [-0.15, -0.1) is 45.3 Å². The third-order valence-corrected chi connectivity index (χ3v) is 27.9. The van der Waals surface area contributed by atoms with Crippen LogP contribution in [0.15, 0.2) is 189 Å². The first-order chi connectivity index (χ1) is 60.2. The first-order valence-corrected chi connectivity index (χ1v) is 51.5. The molecule has 12 heterocycles. The molecule has 8 aliphatic rings. The second kappa shape index (κ2) is 39.8. The average Bonchev–Trinajstić information content (AvgIpc) is 1.66. The lowest BCUT2D eigenvalue weighted by molar-refractivity contribution is -0.140. The molecule has 3 N–H and O–H groups in total. The fourth-order valence-corrected chi connectivity index (χ4v) is 22.6. The fourth-order valence-electron chi connectivity index (χ4n) is 15.7. The van der Waals surface area contributed by atoms with E-state index in [1.807, 2.05) is 10.3 Å². The molecular formula is C80H79BrCl2F5N15O16S8. The molecule has 16 rings (SSSR count). The minimum Gasteiger partial charge on any atom is -0.466 e. The van der Waals surface area contributed by atoms with Gasteiger partial charge in [-0.3, -0.25) is 20.0 Å². The molecule has 0 saturated carbocycles. The molecule has 8 aromatic rings. The van der Waals surface area contributed by atoms with Crippen LogP contribution in [-0.2, 0) is 78.0 Å². The molecule has 4 saturated heterocycles. The SMILES string of the molecule is CCOC(=O)C1=C2C[C@H](NS(C)(=O)=O)CN2C(c2nccs2)=N[C@H]1c1ccc(Cl)cc1F.CCOC(=O)C1=C2C[C@H](NS(C)(=O)=O)CN2C(c2nccs2)=N[C@H]1c1ccc(F)c(F)c1.CCOC(=O)C1=C2[C@H](CS(C)(=O)=O)CCN2C(c2nccs2)=N[C@H]1c1ccc(F)cc1Br.COC(=O)C1=C2C[C@H](NS(C)(=O)=O)CN2C(c2nccs2)=N[C@H]1c1ccc(F)cc1Cl. The molecule has 4 aromatic heterocycles. The highest BCUT2D eigenvalue weighted by Crippen LogP contribution is 2.49. The van der Waals surface area contributed by atoms with Crippen LogP contribution in [0.1, 0.15) is 113 Å². The molecule has 8 atom stereocenters. The normalized spacial score (nSPS) is 20.9. The molecule has 0 unspecified atom stereocenters. The molecular weight excluding hydrogens is 1930 g/mol. The lowest BCUT2D eigenvalue weighted by Gasteiger charge is -2.33. The van der Waals surface area contributed by atoms with E-state index in [2.05, 4.69) is 55.0 Å². The number of aliphatic imine (C=N–C) groups is 4. The highest BCUT2D eigenvalue weighted by atomic mass is 79.9. The van der Waals surface area contributed by atoms with E-state index in [1.165, 1.54) is 101 Å². The van der Waals surface area contributed by atoms with E-state index in [0.717, 1.165) is 43.0 Å². The molecule has 4 aromatic carbocycles. The number of carbonyl (C=O) groups is 4. The van der Waals surface area contributed by atoms with Crippen LogP contribution in [0.3, 0.4) is 0 Å². The highest BCUT2D eigenvalue weighted by Gasteiger charge is 2.49. The number of halogens is 8. The number of esters is 4. The maximum Gasteiger partial charge on any atom is 0.338 e. The molecule has 674 valence electrons. The van der Waals surface area contributed by atoms with Crippen molar-refractivity contribution in [2.24, 2.45) is 25.9 Å².